The Kier molecular flexibility index (Phi) is 5.42. The van der Waals surface area contributed by atoms with Crippen LogP contribution in [0.1, 0.15) is 35.2 Å². The first kappa shape index (κ1) is 18.6. The molecule has 0 unspecified atom stereocenters. The molecule has 1 fully saturated rings. The molecule has 1 aliphatic rings. The molecule has 1 saturated heterocycles. The summed E-state index contributed by atoms with van der Waals surface area (Å²) in [5.41, 5.74) is 5.30. The topological polar surface area (TPSA) is 102 Å². The van der Waals surface area contributed by atoms with Gasteiger partial charge in [-0.2, -0.15) is 10.2 Å². The Balaban J connectivity index is 1.61. The highest BCUT2D eigenvalue weighted by molar-refractivity contribution is 7.91. The first-order chi connectivity index (χ1) is 12.4. The molecule has 0 saturated carbocycles. The summed E-state index contributed by atoms with van der Waals surface area (Å²) in [5, 5.41) is 12.0. The molecular weight excluding hydrogens is 374 g/mol. The number of hydrogen-bond acceptors (Lipinski definition) is 6. The van der Waals surface area contributed by atoms with E-state index >= 15 is 0 Å². The molecule has 0 amide bonds. The van der Waals surface area contributed by atoms with Gasteiger partial charge in [-0.15, -0.1) is 0 Å². The number of aryl methyl sites for hydroxylation is 1. The van der Waals surface area contributed by atoms with E-state index in [-0.39, 0.29) is 17.5 Å². The number of rotatable bonds is 5. The number of aromatic nitrogens is 2. The second kappa shape index (κ2) is 7.58. The summed E-state index contributed by atoms with van der Waals surface area (Å²) in [4.78, 5) is 0. The SMILES string of the molecule is Cc1nn([C@@H]2CCS(=O)(=O)C2)c(C)c1/C=N\NC(=S)NCc1ccco1. The molecule has 26 heavy (non-hydrogen) atoms. The zero-order valence-corrected chi connectivity index (χ0v) is 16.2. The third-order valence-corrected chi connectivity index (χ3v) is 6.28. The standard InChI is InChI=1S/C16H21N5O3S2/c1-11-15(9-18-19-16(25)17-8-14-4-3-6-24-14)12(2)21(20-11)13-5-7-26(22,23)10-13/h3-4,6,9,13H,5,7-8,10H2,1-2H3,(H2,17,19,25)/b18-9-/t13-/m1/s1. The van der Waals surface area contributed by atoms with Crippen LogP contribution in [0.15, 0.2) is 27.9 Å². The maximum absolute atomic E-state index is 11.7. The van der Waals surface area contributed by atoms with Crippen LogP contribution in [0.4, 0.5) is 0 Å². The van der Waals surface area contributed by atoms with Crippen molar-refractivity contribution >= 4 is 33.4 Å². The van der Waals surface area contributed by atoms with Crippen molar-refractivity contribution in [3.8, 4) is 0 Å². The van der Waals surface area contributed by atoms with Crippen LogP contribution < -0.4 is 10.7 Å². The summed E-state index contributed by atoms with van der Waals surface area (Å²) in [5.74, 6) is 1.14. The molecule has 140 valence electrons. The minimum Gasteiger partial charge on any atom is -0.467 e. The second-order valence-electron chi connectivity index (χ2n) is 6.22. The smallest absolute Gasteiger partial charge is 0.187 e. The van der Waals surface area contributed by atoms with E-state index < -0.39 is 9.84 Å². The number of nitrogens with one attached hydrogen (secondary N) is 2. The molecule has 2 aromatic rings. The summed E-state index contributed by atoms with van der Waals surface area (Å²) in [7, 11) is -2.96. The maximum atomic E-state index is 11.7. The minimum atomic E-state index is -2.96. The monoisotopic (exact) mass is 395 g/mol. The molecule has 2 aromatic heterocycles. The molecule has 0 bridgehead atoms. The fraction of sp³-hybridized carbons (Fsp3) is 0.438. The zero-order chi connectivity index (χ0) is 18.7. The van der Waals surface area contributed by atoms with E-state index in [2.05, 4.69) is 20.9 Å². The van der Waals surface area contributed by atoms with Crippen LogP contribution in [0, 0.1) is 13.8 Å². The van der Waals surface area contributed by atoms with E-state index in [4.69, 9.17) is 16.6 Å². The van der Waals surface area contributed by atoms with Gasteiger partial charge in [0, 0.05) is 11.3 Å². The van der Waals surface area contributed by atoms with Crippen molar-refractivity contribution in [3.63, 3.8) is 0 Å². The molecule has 10 heteroatoms. The Morgan fingerprint density at radius 2 is 2.35 bits per heavy atom. The second-order valence-corrected chi connectivity index (χ2v) is 8.85. The van der Waals surface area contributed by atoms with Crippen molar-refractivity contribution in [2.24, 2.45) is 5.10 Å². The lowest BCUT2D eigenvalue weighted by Crippen LogP contribution is -2.31. The van der Waals surface area contributed by atoms with Crippen LogP contribution in [-0.4, -0.2) is 41.0 Å². The van der Waals surface area contributed by atoms with Gasteiger partial charge in [0.05, 0.1) is 42.3 Å². The van der Waals surface area contributed by atoms with Gasteiger partial charge in [0.15, 0.2) is 14.9 Å². The van der Waals surface area contributed by atoms with Gasteiger partial charge in [0.2, 0.25) is 0 Å². The average Bonchev–Trinajstić information content (AvgIpc) is 3.28. The van der Waals surface area contributed by atoms with Gasteiger partial charge in [-0.3, -0.25) is 10.1 Å². The Hall–Kier alpha value is -2.20. The van der Waals surface area contributed by atoms with Gasteiger partial charge in [-0.05, 0) is 44.6 Å². The number of thiocarbonyl (C=S) groups is 1. The predicted molar refractivity (Wildman–Crippen MR) is 103 cm³/mol. The van der Waals surface area contributed by atoms with Crippen molar-refractivity contribution in [3.05, 3.63) is 41.1 Å². The third kappa shape index (κ3) is 4.31. The van der Waals surface area contributed by atoms with Gasteiger partial charge in [0.25, 0.3) is 0 Å². The third-order valence-electron chi connectivity index (χ3n) is 4.30. The molecule has 0 radical (unpaired) electrons. The maximum Gasteiger partial charge on any atom is 0.187 e. The lowest BCUT2D eigenvalue weighted by Gasteiger charge is -2.10. The number of nitrogens with zero attached hydrogens (tertiary/aromatic N) is 3. The molecule has 3 rings (SSSR count). The quantitative estimate of drug-likeness (QED) is 0.449. The first-order valence-electron chi connectivity index (χ1n) is 8.21. The molecule has 1 atom stereocenters. The zero-order valence-electron chi connectivity index (χ0n) is 14.6. The van der Waals surface area contributed by atoms with Crippen LogP contribution in [0.2, 0.25) is 0 Å². The summed E-state index contributed by atoms with van der Waals surface area (Å²) in [6, 6.07) is 3.55. The van der Waals surface area contributed by atoms with Crippen molar-refractivity contribution < 1.29 is 12.8 Å². The normalized spacial score (nSPS) is 19.1. The van der Waals surface area contributed by atoms with Crippen molar-refractivity contribution in [1.29, 1.82) is 0 Å². The Bertz CT molecular complexity index is 916. The fourth-order valence-corrected chi connectivity index (χ4v) is 4.78. The number of hydrogen-bond donors (Lipinski definition) is 2. The predicted octanol–water partition coefficient (Wildman–Crippen LogP) is 1.45. The van der Waals surface area contributed by atoms with E-state index in [0.29, 0.717) is 18.1 Å². The van der Waals surface area contributed by atoms with Gasteiger partial charge in [-0.1, -0.05) is 0 Å². The highest BCUT2D eigenvalue weighted by atomic mass is 32.2. The Labute approximate surface area is 157 Å². The molecule has 1 aliphatic heterocycles. The summed E-state index contributed by atoms with van der Waals surface area (Å²) < 4.78 is 30.4. The Morgan fingerprint density at radius 1 is 1.54 bits per heavy atom. The van der Waals surface area contributed by atoms with Crippen molar-refractivity contribution in [2.45, 2.75) is 32.9 Å². The largest absolute Gasteiger partial charge is 0.467 e. The fourth-order valence-electron chi connectivity index (χ4n) is 2.96. The lowest BCUT2D eigenvalue weighted by atomic mass is 10.2. The molecule has 8 nitrogen and oxygen atoms in total. The van der Waals surface area contributed by atoms with E-state index in [1.807, 2.05) is 26.0 Å². The van der Waals surface area contributed by atoms with E-state index in [1.165, 1.54) is 0 Å². The van der Waals surface area contributed by atoms with Gasteiger partial charge >= 0.3 is 0 Å². The van der Waals surface area contributed by atoms with E-state index in [9.17, 15) is 8.42 Å². The molecular formula is C16H21N5O3S2. The lowest BCUT2D eigenvalue weighted by molar-refractivity contribution is 0.486. The van der Waals surface area contributed by atoms with Crippen molar-refractivity contribution in [1.82, 2.24) is 20.5 Å². The van der Waals surface area contributed by atoms with Crippen LogP contribution >= 0.6 is 12.2 Å². The van der Waals surface area contributed by atoms with Crippen LogP contribution in [0.5, 0.6) is 0 Å². The van der Waals surface area contributed by atoms with E-state index in [0.717, 1.165) is 22.7 Å². The highest BCUT2D eigenvalue weighted by Crippen LogP contribution is 2.26. The summed E-state index contributed by atoms with van der Waals surface area (Å²) >= 11 is 5.16. The number of sulfone groups is 1. The molecule has 0 spiro atoms. The first-order valence-corrected chi connectivity index (χ1v) is 10.4. The van der Waals surface area contributed by atoms with Crippen molar-refractivity contribution in [2.75, 3.05) is 11.5 Å². The summed E-state index contributed by atoms with van der Waals surface area (Å²) in [6.07, 6.45) is 3.85. The van der Waals surface area contributed by atoms with Crippen LogP contribution in [-0.2, 0) is 16.4 Å². The minimum absolute atomic E-state index is 0.107. The average molecular weight is 396 g/mol. The molecule has 2 N–H and O–H groups in total. The molecule has 0 aromatic carbocycles. The van der Waals surface area contributed by atoms with Crippen LogP contribution in [0.3, 0.4) is 0 Å². The number of hydrazone groups is 1. The Morgan fingerprint density at radius 3 is 3.00 bits per heavy atom. The van der Waals surface area contributed by atoms with Gasteiger partial charge < -0.3 is 9.73 Å². The molecule has 0 aliphatic carbocycles. The van der Waals surface area contributed by atoms with Gasteiger partial charge in [-0.25, -0.2) is 8.42 Å². The summed E-state index contributed by atoms with van der Waals surface area (Å²) in [6.45, 7) is 4.27. The van der Waals surface area contributed by atoms with Crippen LogP contribution in [0.25, 0.3) is 0 Å². The number of furan rings is 1. The van der Waals surface area contributed by atoms with Gasteiger partial charge in [0.1, 0.15) is 5.76 Å². The highest BCUT2D eigenvalue weighted by Gasteiger charge is 2.31. The molecule has 3 heterocycles. The van der Waals surface area contributed by atoms with E-state index in [1.54, 1.807) is 17.2 Å².